The van der Waals surface area contributed by atoms with E-state index in [0.29, 0.717) is 10.2 Å². The van der Waals surface area contributed by atoms with Gasteiger partial charge in [0, 0.05) is 24.3 Å². The minimum Gasteiger partial charge on any atom is -0.378 e. The van der Waals surface area contributed by atoms with Crippen LogP contribution in [0.4, 0.5) is 21.5 Å². The van der Waals surface area contributed by atoms with Crippen molar-refractivity contribution in [2.24, 2.45) is 10.2 Å². The van der Waals surface area contributed by atoms with Crippen LogP contribution in [0.5, 0.6) is 0 Å². The summed E-state index contributed by atoms with van der Waals surface area (Å²) in [6, 6.07) is 12.2. The fourth-order valence-electron chi connectivity index (χ4n) is 1.49. The van der Waals surface area contributed by atoms with Crippen molar-refractivity contribution in [2.45, 2.75) is 0 Å². The van der Waals surface area contributed by atoms with Gasteiger partial charge >= 0.3 is 0 Å². The Morgan fingerprint density at radius 3 is 2.26 bits per heavy atom. The molecule has 0 spiro atoms. The average molecular weight is 322 g/mol. The molecule has 19 heavy (non-hydrogen) atoms. The molecule has 98 valence electrons. The highest BCUT2D eigenvalue weighted by molar-refractivity contribution is 9.10. The van der Waals surface area contributed by atoms with Crippen LogP contribution in [0, 0.1) is 5.82 Å². The second kappa shape index (κ2) is 5.93. The lowest BCUT2D eigenvalue weighted by molar-refractivity contribution is 0.627. The molecule has 0 fully saturated rings. The number of halogens is 2. The molecular formula is C14H13BrFN3. The van der Waals surface area contributed by atoms with Crippen molar-refractivity contribution >= 4 is 33.0 Å². The SMILES string of the molecule is CN(C)c1ccc(/N=N/c2ccc(Br)cc2F)cc1. The van der Waals surface area contributed by atoms with Crippen LogP contribution in [0.3, 0.4) is 0 Å². The van der Waals surface area contributed by atoms with E-state index in [1.165, 1.54) is 6.07 Å². The molecule has 0 unspecified atom stereocenters. The summed E-state index contributed by atoms with van der Waals surface area (Å²) in [5.41, 5.74) is 1.99. The summed E-state index contributed by atoms with van der Waals surface area (Å²) in [6.45, 7) is 0. The van der Waals surface area contributed by atoms with Crippen molar-refractivity contribution in [1.82, 2.24) is 0 Å². The molecule has 2 aromatic rings. The Morgan fingerprint density at radius 1 is 1.00 bits per heavy atom. The molecule has 2 aromatic carbocycles. The first kappa shape index (κ1) is 13.7. The molecule has 0 aliphatic heterocycles. The van der Waals surface area contributed by atoms with Crippen LogP contribution in [-0.2, 0) is 0 Å². The van der Waals surface area contributed by atoms with Gasteiger partial charge in [-0.2, -0.15) is 5.11 Å². The molecule has 2 rings (SSSR count). The first-order valence-corrected chi connectivity index (χ1v) is 6.50. The molecule has 0 saturated carbocycles. The van der Waals surface area contributed by atoms with E-state index >= 15 is 0 Å². The molecule has 0 N–H and O–H groups in total. The minimum absolute atomic E-state index is 0.222. The van der Waals surface area contributed by atoms with Crippen molar-refractivity contribution in [3.05, 3.63) is 52.8 Å². The third kappa shape index (κ3) is 3.61. The van der Waals surface area contributed by atoms with Gasteiger partial charge in [0.05, 0.1) is 5.69 Å². The van der Waals surface area contributed by atoms with E-state index in [1.807, 2.05) is 43.3 Å². The maximum absolute atomic E-state index is 13.5. The second-order valence-electron chi connectivity index (χ2n) is 4.21. The number of hydrogen-bond acceptors (Lipinski definition) is 3. The zero-order valence-corrected chi connectivity index (χ0v) is 12.2. The molecule has 0 heterocycles. The number of hydrogen-bond donors (Lipinski definition) is 0. The van der Waals surface area contributed by atoms with E-state index in [4.69, 9.17) is 0 Å². The van der Waals surface area contributed by atoms with Gasteiger partial charge < -0.3 is 4.90 Å². The third-order valence-electron chi connectivity index (χ3n) is 2.55. The van der Waals surface area contributed by atoms with Crippen molar-refractivity contribution in [2.75, 3.05) is 19.0 Å². The van der Waals surface area contributed by atoms with Crippen molar-refractivity contribution in [3.8, 4) is 0 Å². The lowest BCUT2D eigenvalue weighted by atomic mass is 10.3. The highest BCUT2D eigenvalue weighted by Gasteiger charge is 2.01. The number of benzene rings is 2. The van der Waals surface area contributed by atoms with Crippen LogP contribution in [0.1, 0.15) is 0 Å². The van der Waals surface area contributed by atoms with Crippen LogP contribution in [0.2, 0.25) is 0 Å². The molecule has 0 aliphatic carbocycles. The summed E-state index contributed by atoms with van der Waals surface area (Å²) in [4.78, 5) is 2.00. The minimum atomic E-state index is -0.400. The highest BCUT2D eigenvalue weighted by Crippen LogP contribution is 2.25. The van der Waals surface area contributed by atoms with E-state index in [1.54, 1.807) is 12.1 Å². The Bertz CT molecular complexity index is 594. The van der Waals surface area contributed by atoms with Gasteiger partial charge in [0.15, 0.2) is 5.82 Å². The zero-order valence-electron chi connectivity index (χ0n) is 10.6. The van der Waals surface area contributed by atoms with Gasteiger partial charge in [-0.25, -0.2) is 4.39 Å². The molecule has 3 nitrogen and oxygen atoms in total. The monoisotopic (exact) mass is 321 g/mol. The molecule has 0 saturated heterocycles. The molecule has 0 radical (unpaired) electrons. The summed E-state index contributed by atoms with van der Waals surface area (Å²) in [7, 11) is 3.93. The van der Waals surface area contributed by atoms with Crippen molar-refractivity contribution in [3.63, 3.8) is 0 Å². The number of rotatable bonds is 3. The van der Waals surface area contributed by atoms with Crippen LogP contribution >= 0.6 is 15.9 Å². The van der Waals surface area contributed by atoms with E-state index in [9.17, 15) is 4.39 Å². The molecule has 0 amide bonds. The normalized spacial score (nSPS) is 10.9. The Hall–Kier alpha value is -1.75. The van der Waals surface area contributed by atoms with Gasteiger partial charge in [0.25, 0.3) is 0 Å². The molecule has 0 aliphatic rings. The fourth-order valence-corrected chi connectivity index (χ4v) is 1.82. The summed E-state index contributed by atoms with van der Waals surface area (Å²) in [5.74, 6) is -0.400. The first-order valence-electron chi connectivity index (χ1n) is 5.70. The molecule has 0 bridgehead atoms. The van der Waals surface area contributed by atoms with Gasteiger partial charge in [-0.15, -0.1) is 5.11 Å². The highest BCUT2D eigenvalue weighted by atomic mass is 79.9. The second-order valence-corrected chi connectivity index (χ2v) is 5.12. The van der Waals surface area contributed by atoms with Crippen molar-refractivity contribution < 1.29 is 4.39 Å². The topological polar surface area (TPSA) is 28.0 Å². The van der Waals surface area contributed by atoms with E-state index in [0.717, 1.165) is 5.69 Å². The number of azo groups is 1. The Balaban J connectivity index is 2.18. The van der Waals surface area contributed by atoms with Crippen LogP contribution in [-0.4, -0.2) is 14.1 Å². The quantitative estimate of drug-likeness (QED) is 0.725. The third-order valence-corrected chi connectivity index (χ3v) is 3.04. The Labute approximate surface area is 119 Å². The first-order chi connectivity index (χ1) is 9.06. The van der Waals surface area contributed by atoms with Gasteiger partial charge in [-0.1, -0.05) is 15.9 Å². The largest absolute Gasteiger partial charge is 0.378 e. The van der Waals surface area contributed by atoms with Gasteiger partial charge in [-0.05, 0) is 42.5 Å². The van der Waals surface area contributed by atoms with E-state index in [-0.39, 0.29) is 5.69 Å². The summed E-state index contributed by atoms with van der Waals surface area (Å²) in [6.07, 6.45) is 0. The standard InChI is InChI=1S/C14H13BrFN3/c1-19(2)12-6-4-11(5-7-12)17-18-14-8-3-10(15)9-13(14)16/h3-9H,1-2H3/b18-17+. The zero-order chi connectivity index (χ0) is 13.8. The maximum Gasteiger partial charge on any atom is 0.151 e. The maximum atomic E-state index is 13.5. The van der Waals surface area contributed by atoms with E-state index < -0.39 is 5.82 Å². The number of nitrogens with zero attached hydrogens (tertiary/aromatic N) is 3. The average Bonchev–Trinajstić information content (AvgIpc) is 2.38. The van der Waals surface area contributed by atoms with Crippen LogP contribution < -0.4 is 4.90 Å². The van der Waals surface area contributed by atoms with Crippen molar-refractivity contribution in [1.29, 1.82) is 0 Å². The summed E-state index contributed by atoms with van der Waals surface area (Å²) >= 11 is 3.20. The van der Waals surface area contributed by atoms with Crippen LogP contribution in [0.15, 0.2) is 57.2 Å². The number of anilines is 1. The predicted molar refractivity (Wildman–Crippen MR) is 79.0 cm³/mol. The summed E-state index contributed by atoms with van der Waals surface area (Å²) < 4.78 is 14.2. The predicted octanol–water partition coefficient (Wildman–Crippen LogP) is 5.07. The molecule has 0 aromatic heterocycles. The Kier molecular flexibility index (Phi) is 4.27. The lowest BCUT2D eigenvalue weighted by Gasteiger charge is -2.11. The summed E-state index contributed by atoms with van der Waals surface area (Å²) in [5, 5.41) is 7.93. The smallest absolute Gasteiger partial charge is 0.151 e. The van der Waals surface area contributed by atoms with Gasteiger partial charge in [0.1, 0.15) is 5.69 Å². The van der Waals surface area contributed by atoms with Crippen LogP contribution in [0.25, 0.3) is 0 Å². The Morgan fingerprint density at radius 2 is 1.68 bits per heavy atom. The van der Waals surface area contributed by atoms with E-state index in [2.05, 4.69) is 26.2 Å². The molecule has 0 atom stereocenters. The lowest BCUT2D eigenvalue weighted by Crippen LogP contribution is -2.07. The van der Waals surface area contributed by atoms with Gasteiger partial charge in [-0.3, -0.25) is 0 Å². The fraction of sp³-hybridized carbons (Fsp3) is 0.143. The molecule has 5 heteroatoms. The molecular weight excluding hydrogens is 309 g/mol. The van der Waals surface area contributed by atoms with Gasteiger partial charge in [0.2, 0.25) is 0 Å².